The largest absolute Gasteiger partial charge is 0.481 e. The lowest BCUT2D eigenvalue weighted by Crippen LogP contribution is -2.31. The van der Waals surface area contributed by atoms with E-state index in [1.165, 1.54) is 18.3 Å². The van der Waals surface area contributed by atoms with Gasteiger partial charge in [0.05, 0.1) is 93.2 Å². The summed E-state index contributed by atoms with van der Waals surface area (Å²) in [4.78, 5) is 10.9. The van der Waals surface area contributed by atoms with E-state index in [2.05, 4.69) is 169 Å². The predicted molar refractivity (Wildman–Crippen MR) is 359 cm³/mol. The van der Waals surface area contributed by atoms with Crippen molar-refractivity contribution in [2.45, 2.75) is 19.3 Å². The molecule has 27 nitrogen and oxygen atoms in total. The number of halogens is 9. The first-order valence-electron chi connectivity index (χ1n) is 26.1. The fourth-order valence-corrected chi connectivity index (χ4v) is 10.2. The molecule has 1 fully saturated rings. The van der Waals surface area contributed by atoms with Gasteiger partial charge >= 0.3 is 5.97 Å². The number of carboxylic acid groups (broad SMARTS) is 1. The summed E-state index contributed by atoms with van der Waals surface area (Å²) >= 11 is 40.7. The number of hydrogen-bond acceptors (Lipinski definition) is 20. The lowest BCUT2D eigenvalue weighted by molar-refractivity contribution is -0.146. The van der Waals surface area contributed by atoms with Gasteiger partial charge in [-0.25, -0.2) is 4.39 Å². The number of aromatic amines is 6. The number of nitrogens with zero attached hydrogens (tertiary/aromatic N) is 13. The molecule has 6 aromatic heterocycles. The van der Waals surface area contributed by atoms with Crippen molar-refractivity contribution in [1.29, 1.82) is 5.26 Å². The minimum atomic E-state index is -0.696. The van der Waals surface area contributed by atoms with E-state index < -0.39 is 11.8 Å². The highest BCUT2D eigenvalue weighted by molar-refractivity contribution is 14.1. The van der Waals surface area contributed by atoms with Crippen LogP contribution in [0.3, 0.4) is 0 Å². The molecule has 6 heterocycles. The first kappa shape index (κ1) is 67.7. The van der Waals surface area contributed by atoms with Crippen molar-refractivity contribution < 1.29 is 14.3 Å². The van der Waals surface area contributed by atoms with Gasteiger partial charge in [0.1, 0.15) is 5.82 Å². The van der Waals surface area contributed by atoms with Crippen LogP contribution in [0.5, 0.6) is 0 Å². The molecule has 6 aromatic carbocycles. The van der Waals surface area contributed by atoms with Gasteiger partial charge in [-0.2, -0.15) is 67.1 Å². The summed E-state index contributed by atoms with van der Waals surface area (Å²) in [5, 5.41) is 99.4. The molecule has 0 unspecified atom stereocenters. The monoisotopic (exact) mass is 1520 g/mol. The number of nitriles is 1. The van der Waals surface area contributed by atoms with Crippen molar-refractivity contribution in [2.75, 3.05) is 31.9 Å². The van der Waals surface area contributed by atoms with E-state index in [1.54, 1.807) is 73.4 Å². The van der Waals surface area contributed by atoms with Crippen molar-refractivity contribution in [3.8, 4) is 6.07 Å². The zero-order chi connectivity index (χ0) is 64.5. The highest BCUT2D eigenvalue weighted by atomic mass is 127. The highest BCUT2D eigenvalue weighted by Gasteiger charge is 2.34. The van der Waals surface area contributed by atoms with Gasteiger partial charge < -0.3 is 37.0 Å². The van der Waals surface area contributed by atoms with E-state index in [9.17, 15) is 9.18 Å². The molecule has 0 spiro atoms. The number of nitrogens with one attached hydrogen (secondary N) is 12. The maximum absolute atomic E-state index is 13.2. The topological polar surface area (TPSA) is 383 Å². The second-order valence-electron chi connectivity index (χ2n) is 18.4. The molecule has 13 N–H and O–H groups in total. The van der Waals surface area contributed by atoms with Crippen LogP contribution in [0.4, 0.5) is 73.4 Å². The predicted octanol–water partition coefficient (Wildman–Crippen LogP) is 15.2. The van der Waals surface area contributed by atoms with Crippen LogP contribution in [0.1, 0.15) is 24.0 Å². The maximum atomic E-state index is 13.2. The lowest BCUT2D eigenvalue weighted by atomic mass is 9.72. The number of hydrogen-bond donors (Lipinski definition) is 13. The highest BCUT2D eigenvalue weighted by Crippen LogP contribution is 2.39. The van der Waals surface area contributed by atoms with Gasteiger partial charge in [-0.05, 0) is 172 Å². The number of para-hydroxylation sites is 1. The summed E-state index contributed by atoms with van der Waals surface area (Å²) in [6.07, 6.45) is 11.7. The smallest absolute Gasteiger partial charge is 0.306 e. The SMILES string of the molecule is Clc1ccc(Nc2cn[nH]n2)c(Cl)c1.Clc1ccc(Nc2cn[nH]n2)c(I)c1.Clc1ccccc1Nc1cn[nH]n1.Fc1cc(Cl)ccc1Nc1cn[nH]n1.N#Cc1ccc(Nc2cn[nH]n2)c(Br)c1.O=C(O)C1CC(Cc2cc(Cl)ccc2Nc2cn[nH]n2)C1. The maximum Gasteiger partial charge on any atom is 0.306 e. The first-order chi connectivity index (χ1) is 44.0. The summed E-state index contributed by atoms with van der Waals surface area (Å²) in [7, 11) is 0. The average Bonchev–Trinajstić information content (AvgIpc) is 3.30. The second kappa shape index (κ2) is 34.7. The molecule has 0 radical (unpaired) electrons. The van der Waals surface area contributed by atoms with Crippen LogP contribution in [0.25, 0.3) is 0 Å². The van der Waals surface area contributed by atoms with E-state index in [4.69, 9.17) is 80.0 Å². The van der Waals surface area contributed by atoms with Gasteiger partial charge in [0, 0.05) is 33.8 Å². The van der Waals surface area contributed by atoms with Crippen molar-refractivity contribution in [1.82, 2.24) is 92.5 Å². The van der Waals surface area contributed by atoms with Gasteiger partial charge in [-0.3, -0.25) is 4.79 Å². The Kier molecular flexibility index (Phi) is 25.8. The van der Waals surface area contributed by atoms with Crippen molar-refractivity contribution in [2.24, 2.45) is 11.8 Å². The number of carboxylic acids is 1. The van der Waals surface area contributed by atoms with Crippen molar-refractivity contribution in [3.05, 3.63) is 208 Å². The summed E-state index contributed by atoms with van der Waals surface area (Å²) in [6, 6.07) is 35.6. The number of carbonyl (C=O) groups is 1. The van der Waals surface area contributed by atoms with Crippen molar-refractivity contribution in [3.63, 3.8) is 0 Å². The molecular weight excluding hydrogens is 1480 g/mol. The molecule has 12 aromatic rings. The minimum absolute atomic E-state index is 0.193. The van der Waals surface area contributed by atoms with Crippen LogP contribution < -0.4 is 31.9 Å². The third-order valence-electron chi connectivity index (χ3n) is 12.0. The Morgan fingerprint density at radius 3 is 1.35 bits per heavy atom. The Hall–Kier alpha value is -9.20. The van der Waals surface area contributed by atoms with Crippen LogP contribution in [0.15, 0.2) is 157 Å². The Balaban J connectivity index is 0.000000142. The number of aliphatic carboxylic acids is 1. The number of rotatable bonds is 15. The van der Waals surface area contributed by atoms with Gasteiger partial charge in [0.15, 0.2) is 34.9 Å². The van der Waals surface area contributed by atoms with Crippen LogP contribution >= 0.6 is 108 Å². The quantitative estimate of drug-likeness (QED) is 0.0424. The summed E-state index contributed by atoms with van der Waals surface area (Å²) < 4.78 is 15.1. The molecule has 13 rings (SSSR count). The molecule has 0 atom stereocenters. The Morgan fingerprint density at radius 2 is 0.912 bits per heavy atom. The normalized spacial score (nSPS) is 12.5. The minimum Gasteiger partial charge on any atom is -0.481 e. The van der Waals surface area contributed by atoms with Gasteiger partial charge in [0.25, 0.3) is 0 Å². The Morgan fingerprint density at radius 1 is 0.516 bits per heavy atom. The molecule has 0 aliphatic heterocycles. The summed E-state index contributed by atoms with van der Waals surface area (Å²) in [5.41, 5.74) is 6.26. The molecule has 0 amide bonds. The Bertz CT molecular complexity index is 4010. The molecule has 91 heavy (non-hydrogen) atoms. The first-order valence-corrected chi connectivity index (χ1v) is 30.2. The molecule has 0 bridgehead atoms. The van der Waals surface area contributed by atoms with Crippen LogP contribution in [0, 0.1) is 32.6 Å². The average molecular weight is 1530 g/mol. The van der Waals surface area contributed by atoms with E-state index >= 15 is 0 Å². The van der Waals surface area contributed by atoms with E-state index in [0.29, 0.717) is 77.2 Å². The number of benzene rings is 6. The van der Waals surface area contributed by atoms with Gasteiger partial charge in [-0.15, -0.1) is 30.6 Å². The summed E-state index contributed by atoms with van der Waals surface area (Å²) in [6.45, 7) is 0. The number of H-pyrrole nitrogens is 6. The lowest BCUT2D eigenvalue weighted by Gasteiger charge is -2.32. The third-order valence-corrected chi connectivity index (χ3v) is 15.1. The second-order valence-corrected chi connectivity index (χ2v) is 23.0. The molecule has 0 saturated heterocycles. The zero-order valence-electron chi connectivity index (χ0n) is 46.3. The number of aromatic nitrogens is 18. The molecule has 1 saturated carbocycles. The van der Waals surface area contributed by atoms with Crippen LogP contribution in [0.2, 0.25) is 30.1 Å². The van der Waals surface area contributed by atoms with Gasteiger partial charge in [-0.1, -0.05) is 81.7 Å². The van der Waals surface area contributed by atoms with E-state index in [0.717, 1.165) is 66.3 Å². The van der Waals surface area contributed by atoms with Crippen LogP contribution in [-0.2, 0) is 11.2 Å². The van der Waals surface area contributed by atoms with E-state index in [1.807, 2.05) is 60.7 Å². The molecule has 1 aliphatic carbocycles. The van der Waals surface area contributed by atoms with Gasteiger partial charge in [0.2, 0.25) is 0 Å². The number of anilines is 12. The zero-order valence-corrected chi connectivity index (χ0v) is 54.6. The third kappa shape index (κ3) is 22.1. The summed E-state index contributed by atoms with van der Waals surface area (Å²) in [5.74, 6) is 2.72. The van der Waals surface area contributed by atoms with Crippen molar-refractivity contribution >= 4 is 183 Å². The fraction of sp³-hybridized carbons (Fsp3) is 0.0909. The molecule has 36 heteroatoms. The fourth-order valence-electron chi connectivity index (χ4n) is 7.69. The standard InChI is InChI=1S/C14H15ClN4O2.C9H6BrN5.C8H6Cl2N4.C8H6ClFN4.C8H6ClIN4.C8H7ClN4/c15-11-1-2-12(17-13-7-16-19-18-13)9(6-11)3-8-4-10(5-8)14(20)21;10-7-3-6(4-11)1-2-8(7)13-9-5-12-15-14-9;3*9-5-1-2-7(6(10)3-5)12-8-4-11-14-13-8;9-6-3-1-2-4-7(6)11-8-5-10-13-12-8/h1-2,6-8,10H,3-5H2,(H,20,21)(H2,16,17,18,19);1-3,5H,(H2,12,13,14,15);3*1-4H,(H2,11,12,13,14);1-5H,(H2,10,11,12,13). The van der Waals surface area contributed by atoms with E-state index in [-0.39, 0.29) is 5.92 Å². The molecule has 1 aliphatic rings. The molecule has 466 valence electrons. The molecular formula is C55H46BrCl6FIN25O2. The van der Waals surface area contributed by atoms with Crippen LogP contribution in [-0.4, -0.2) is 104 Å². The Labute approximate surface area is 567 Å².